The molecule has 0 rings (SSSR count). The number of methoxy groups -OCH3 is 1. The molecular weight excluding hydrogens is 136 g/mol. The van der Waals surface area contributed by atoms with E-state index in [-0.39, 0.29) is 6.42 Å². The number of hydrogen-bond acceptors (Lipinski definition) is 3. The summed E-state index contributed by atoms with van der Waals surface area (Å²) in [5.74, 6) is -0.965. The summed E-state index contributed by atoms with van der Waals surface area (Å²) < 4.78 is 4.69. The van der Waals surface area contributed by atoms with Crippen molar-refractivity contribution in [2.45, 2.75) is 25.6 Å². The first kappa shape index (κ1) is 9.39. The van der Waals surface area contributed by atoms with E-state index in [0.717, 1.165) is 0 Å². The van der Waals surface area contributed by atoms with Gasteiger partial charge < -0.3 is 14.9 Å². The molecule has 0 radical (unpaired) electrons. The van der Waals surface area contributed by atoms with Gasteiger partial charge in [0, 0.05) is 7.11 Å². The molecule has 1 unspecified atom stereocenters. The van der Waals surface area contributed by atoms with Gasteiger partial charge >= 0.3 is 5.97 Å². The summed E-state index contributed by atoms with van der Waals surface area (Å²) in [6, 6.07) is 0. The molecule has 0 saturated heterocycles. The molecule has 0 aromatic rings. The number of carbonyl (C=O) groups is 1. The van der Waals surface area contributed by atoms with Gasteiger partial charge in [-0.1, -0.05) is 0 Å². The third-order valence-electron chi connectivity index (χ3n) is 1.22. The molecule has 0 saturated carbocycles. The molecule has 10 heavy (non-hydrogen) atoms. The molecular formula is C6H12O4. The largest absolute Gasteiger partial charge is 0.481 e. The van der Waals surface area contributed by atoms with Crippen LogP contribution >= 0.6 is 0 Å². The van der Waals surface area contributed by atoms with Crippen molar-refractivity contribution in [3.8, 4) is 0 Å². The second-order valence-corrected chi connectivity index (χ2v) is 2.11. The van der Waals surface area contributed by atoms with Gasteiger partial charge in [-0.2, -0.15) is 0 Å². The SMILES string of the molecule is CO[C@H](CC(=O)O)C(C)O. The van der Waals surface area contributed by atoms with Gasteiger partial charge in [0.15, 0.2) is 0 Å². The van der Waals surface area contributed by atoms with Crippen LogP contribution in [0.4, 0.5) is 0 Å². The third-order valence-corrected chi connectivity index (χ3v) is 1.22. The van der Waals surface area contributed by atoms with Gasteiger partial charge in [0.2, 0.25) is 0 Å². The van der Waals surface area contributed by atoms with Crippen LogP contribution in [0, 0.1) is 0 Å². The van der Waals surface area contributed by atoms with Gasteiger partial charge in [0.05, 0.1) is 18.6 Å². The van der Waals surface area contributed by atoms with Crippen LogP contribution in [0.3, 0.4) is 0 Å². The van der Waals surface area contributed by atoms with Crippen molar-refractivity contribution >= 4 is 5.97 Å². The van der Waals surface area contributed by atoms with Gasteiger partial charge in [-0.05, 0) is 6.92 Å². The maximum atomic E-state index is 10.1. The lowest BCUT2D eigenvalue weighted by Crippen LogP contribution is -2.27. The maximum absolute atomic E-state index is 10.1. The number of aliphatic hydroxyl groups excluding tert-OH is 1. The third kappa shape index (κ3) is 3.42. The quantitative estimate of drug-likeness (QED) is 0.582. The van der Waals surface area contributed by atoms with E-state index in [1.54, 1.807) is 0 Å². The number of carboxylic acids is 1. The molecule has 0 aliphatic carbocycles. The van der Waals surface area contributed by atoms with Crippen molar-refractivity contribution in [3.05, 3.63) is 0 Å². The minimum Gasteiger partial charge on any atom is -0.481 e. The highest BCUT2D eigenvalue weighted by Crippen LogP contribution is 2.02. The first-order valence-electron chi connectivity index (χ1n) is 3.00. The van der Waals surface area contributed by atoms with E-state index in [1.807, 2.05) is 0 Å². The maximum Gasteiger partial charge on any atom is 0.306 e. The lowest BCUT2D eigenvalue weighted by molar-refractivity contribution is -0.141. The Labute approximate surface area is 59.4 Å². The fourth-order valence-electron chi connectivity index (χ4n) is 0.623. The van der Waals surface area contributed by atoms with Crippen LogP contribution in [-0.2, 0) is 9.53 Å². The van der Waals surface area contributed by atoms with E-state index in [0.29, 0.717) is 0 Å². The van der Waals surface area contributed by atoms with Crippen LogP contribution in [0.25, 0.3) is 0 Å². The second kappa shape index (κ2) is 4.24. The van der Waals surface area contributed by atoms with Crippen molar-refractivity contribution in [1.82, 2.24) is 0 Å². The van der Waals surface area contributed by atoms with Gasteiger partial charge in [-0.25, -0.2) is 0 Å². The highest BCUT2D eigenvalue weighted by atomic mass is 16.5. The number of carboxylic acid groups (broad SMARTS) is 1. The predicted octanol–water partition coefficient (Wildman–Crippen LogP) is -0.143. The van der Waals surface area contributed by atoms with Crippen LogP contribution in [0.15, 0.2) is 0 Å². The topological polar surface area (TPSA) is 66.8 Å². The molecule has 4 nitrogen and oxygen atoms in total. The predicted molar refractivity (Wildman–Crippen MR) is 34.7 cm³/mol. The van der Waals surface area contributed by atoms with E-state index >= 15 is 0 Å². The number of aliphatic carboxylic acids is 1. The number of rotatable bonds is 4. The first-order chi connectivity index (χ1) is 4.57. The average Bonchev–Trinajstić information content (AvgIpc) is 1.81. The van der Waals surface area contributed by atoms with Crippen molar-refractivity contribution in [1.29, 1.82) is 0 Å². The number of hydrogen-bond donors (Lipinski definition) is 2. The minimum absolute atomic E-state index is 0.159. The molecule has 0 aliphatic heterocycles. The molecule has 60 valence electrons. The average molecular weight is 148 g/mol. The van der Waals surface area contributed by atoms with Crippen LogP contribution in [0.5, 0.6) is 0 Å². The first-order valence-corrected chi connectivity index (χ1v) is 3.00. The lowest BCUT2D eigenvalue weighted by atomic mass is 10.2. The Morgan fingerprint density at radius 3 is 2.30 bits per heavy atom. The summed E-state index contributed by atoms with van der Waals surface area (Å²) in [6.07, 6.45) is -1.49. The monoisotopic (exact) mass is 148 g/mol. The van der Waals surface area contributed by atoms with Crippen molar-refractivity contribution in [2.24, 2.45) is 0 Å². The Balaban J connectivity index is 3.71. The fraction of sp³-hybridized carbons (Fsp3) is 0.833. The summed E-state index contributed by atoms with van der Waals surface area (Å²) >= 11 is 0. The Morgan fingerprint density at radius 2 is 2.20 bits per heavy atom. The Hall–Kier alpha value is -0.610. The second-order valence-electron chi connectivity index (χ2n) is 2.11. The van der Waals surface area contributed by atoms with Gasteiger partial charge in [0.1, 0.15) is 0 Å². The zero-order valence-electron chi connectivity index (χ0n) is 6.07. The zero-order chi connectivity index (χ0) is 8.15. The van der Waals surface area contributed by atoms with Crippen molar-refractivity contribution < 1.29 is 19.7 Å². The molecule has 4 heteroatoms. The summed E-state index contributed by atoms with van der Waals surface area (Å²) in [6.45, 7) is 1.50. The van der Waals surface area contributed by atoms with E-state index in [4.69, 9.17) is 14.9 Å². The molecule has 0 aromatic heterocycles. The van der Waals surface area contributed by atoms with E-state index in [2.05, 4.69) is 0 Å². The zero-order valence-corrected chi connectivity index (χ0v) is 6.07. The molecule has 2 atom stereocenters. The van der Waals surface area contributed by atoms with Gasteiger partial charge in [0.25, 0.3) is 0 Å². The molecule has 0 aliphatic rings. The fourth-order valence-corrected chi connectivity index (χ4v) is 0.623. The smallest absolute Gasteiger partial charge is 0.306 e. The molecule has 2 N–H and O–H groups in total. The van der Waals surface area contributed by atoms with Crippen LogP contribution in [0.2, 0.25) is 0 Å². The summed E-state index contributed by atoms with van der Waals surface area (Å²) in [5, 5.41) is 17.1. The Morgan fingerprint density at radius 1 is 1.70 bits per heavy atom. The molecule has 0 heterocycles. The Kier molecular flexibility index (Phi) is 3.99. The number of ether oxygens (including phenoxy) is 1. The normalized spacial score (nSPS) is 16.3. The van der Waals surface area contributed by atoms with E-state index in [1.165, 1.54) is 14.0 Å². The number of aliphatic hydroxyl groups is 1. The molecule has 0 aromatic carbocycles. The standard InChI is InChI=1S/C6H12O4/c1-4(7)5(10-2)3-6(8)9/h4-5,7H,3H2,1-2H3,(H,8,9)/t4?,5-/m1/s1. The van der Waals surface area contributed by atoms with Gasteiger partial charge in [-0.15, -0.1) is 0 Å². The van der Waals surface area contributed by atoms with E-state index in [9.17, 15) is 4.79 Å². The molecule has 0 spiro atoms. The molecule has 0 fully saturated rings. The summed E-state index contributed by atoms with van der Waals surface area (Å²) in [4.78, 5) is 10.1. The van der Waals surface area contributed by atoms with Crippen molar-refractivity contribution in [3.63, 3.8) is 0 Å². The molecule has 0 amide bonds. The van der Waals surface area contributed by atoms with Crippen LogP contribution in [-0.4, -0.2) is 35.5 Å². The highest BCUT2D eigenvalue weighted by molar-refractivity contribution is 5.67. The lowest BCUT2D eigenvalue weighted by Gasteiger charge is -2.15. The molecule has 0 bridgehead atoms. The summed E-state index contributed by atoms with van der Waals surface area (Å²) in [5.41, 5.74) is 0. The highest BCUT2D eigenvalue weighted by Gasteiger charge is 2.16. The Bertz CT molecular complexity index is 110. The van der Waals surface area contributed by atoms with Crippen LogP contribution < -0.4 is 0 Å². The minimum atomic E-state index is -0.965. The van der Waals surface area contributed by atoms with Crippen LogP contribution in [0.1, 0.15) is 13.3 Å². The summed E-state index contributed by atoms with van der Waals surface area (Å²) in [7, 11) is 1.38. The van der Waals surface area contributed by atoms with Gasteiger partial charge in [-0.3, -0.25) is 4.79 Å². The van der Waals surface area contributed by atoms with Crippen molar-refractivity contribution in [2.75, 3.05) is 7.11 Å². The van der Waals surface area contributed by atoms with E-state index < -0.39 is 18.2 Å².